The number of sulfonamides is 1. The average molecular weight is 409 g/mol. The molecule has 28 heavy (non-hydrogen) atoms. The normalized spacial score (nSPS) is 14.8. The first-order valence-corrected chi connectivity index (χ1v) is 9.98. The lowest BCUT2D eigenvalue weighted by molar-refractivity contribution is 0.0470. The molecular weight excluding hydrogens is 392 g/mol. The first kappa shape index (κ1) is 20.1. The Morgan fingerprint density at radius 3 is 2.25 bits per heavy atom. The predicted molar refractivity (Wildman–Crippen MR) is 95.4 cm³/mol. The molecule has 3 rings (SSSR count). The number of ketones is 1. The van der Waals surface area contributed by atoms with Gasteiger partial charge >= 0.3 is 5.97 Å². The maximum absolute atomic E-state index is 13.5. The molecule has 0 amide bonds. The molecule has 0 N–H and O–H groups in total. The summed E-state index contributed by atoms with van der Waals surface area (Å²) in [5.74, 6) is -3.61. The monoisotopic (exact) mass is 409 g/mol. The third-order valence-electron chi connectivity index (χ3n) is 4.36. The predicted octanol–water partition coefficient (Wildman–Crippen LogP) is 2.79. The number of Topliss-reactive ketones (excluding diaryl/α,β-unsaturated/α-hetero) is 1. The van der Waals surface area contributed by atoms with Crippen LogP contribution in [0.15, 0.2) is 47.4 Å². The van der Waals surface area contributed by atoms with Crippen molar-refractivity contribution in [2.45, 2.75) is 17.7 Å². The summed E-state index contributed by atoms with van der Waals surface area (Å²) >= 11 is 0. The van der Waals surface area contributed by atoms with E-state index < -0.39 is 45.6 Å². The highest BCUT2D eigenvalue weighted by Crippen LogP contribution is 2.21. The van der Waals surface area contributed by atoms with Gasteiger partial charge < -0.3 is 4.74 Å². The van der Waals surface area contributed by atoms with E-state index in [1.165, 1.54) is 28.6 Å². The molecule has 2 aromatic rings. The van der Waals surface area contributed by atoms with E-state index >= 15 is 0 Å². The zero-order valence-electron chi connectivity index (χ0n) is 14.7. The fourth-order valence-electron chi connectivity index (χ4n) is 2.84. The Morgan fingerprint density at radius 1 is 1.00 bits per heavy atom. The molecule has 0 radical (unpaired) electrons. The van der Waals surface area contributed by atoms with E-state index in [0.717, 1.165) is 25.0 Å². The smallest absolute Gasteiger partial charge is 0.341 e. The Kier molecular flexibility index (Phi) is 5.85. The maximum atomic E-state index is 13.5. The van der Waals surface area contributed by atoms with Crippen LogP contribution in [-0.2, 0) is 14.8 Å². The molecule has 0 spiro atoms. The lowest BCUT2D eigenvalue weighted by Gasteiger charge is -2.15. The Hall–Kier alpha value is -2.65. The van der Waals surface area contributed by atoms with E-state index in [2.05, 4.69) is 0 Å². The van der Waals surface area contributed by atoms with Gasteiger partial charge in [0.2, 0.25) is 10.0 Å². The van der Waals surface area contributed by atoms with Gasteiger partial charge in [-0.1, -0.05) is 0 Å². The van der Waals surface area contributed by atoms with Crippen molar-refractivity contribution >= 4 is 21.8 Å². The minimum absolute atomic E-state index is 0.0799. The Morgan fingerprint density at radius 2 is 1.64 bits per heavy atom. The van der Waals surface area contributed by atoms with Gasteiger partial charge in [0.25, 0.3) is 0 Å². The summed E-state index contributed by atoms with van der Waals surface area (Å²) in [6.07, 6.45) is 1.63. The van der Waals surface area contributed by atoms with Gasteiger partial charge in [-0.3, -0.25) is 4.79 Å². The van der Waals surface area contributed by atoms with Crippen molar-refractivity contribution in [3.63, 3.8) is 0 Å². The van der Waals surface area contributed by atoms with Crippen LogP contribution in [0.25, 0.3) is 0 Å². The summed E-state index contributed by atoms with van der Waals surface area (Å²) in [6.45, 7) is 0.283. The topological polar surface area (TPSA) is 80.8 Å². The van der Waals surface area contributed by atoms with Gasteiger partial charge in [0, 0.05) is 24.7 Å². The first-order chi connectivity index (χ1) is 13.3. The highest BCUT2D eigenvalue weighted by molar-refractivity contribution is 7.89. The van der Waals surface area contributed by atoms with E-state index in [0.29, 0.717) is 19.2 Å². The first-order valence-electron chi connectivity index (χ1n) is 8.54. The SMILES string of the molecule is O=C(COC(=O)c1ccc(F)cc1F)c1ccc(S(=O)(=O)N2CCCC2)cc1. The molecule has 1 saturated heterocycles. The molecule has 0 aliphatic carbocycles. The summed E-state index contributed by atoms with van der Waals surface area (Å²) in [4.78, 5) is 24.0. The standard InChI is InChI=1S/C19H17F2NO5S/c20-14-5-8-16(17(21)11-14)19(24)27-12-18(23)13-3-6-15(7-4-13)28(25,26)22-9-1-2-10-22/h3-8,11H,1-2,9-10,12H2. The second kappa shape index (κ2) is 8.15. The molecule has 1 heterocycles. The molecular formula is C19H17F2NO5S. The minimum atomic E-state index is -3.59. The molecule has 148 valence electrons. The summed E-state index contributed by atoms with van der Waals surface area (Å²) in [7, 11) is -3.59. The highest BCUT2D eigenvalue weighted by Gasteiger charge is 2.27. The van der Waals surface area contributed by atoms with Crippen LogP contribution in [0.4, 0.5) is 8.78 Å². The summed E-state index contributed by atoms with van der Waals surface area (Å²) < 4.78 is 57.5. The molecule has 9 heteroatoms. The van der Waals surface area contributed by atoms with E-state index in [-0.39, 0.29) is 10.5 Å². The summed E-state index contributed by atoms with van der Waals surface area (Å²) in [6, 6.07) is 7.67. The van der Waals surface area contributed by atoms with Gasteiger partial charge in [0.1, 0.15) is 11.6 Å². The van der Waals surface area contributed by atoms with Gasteiger partial charge in [-0.15, -0.1) is 0 Å². The second-order valence-corrected chi connectivity index (χ2v) is 8.20. The van der Waals surface area contributed by atoms with E-state index in [1.54, 1.807) is 0 Å². The van der Waals surface area contributed by atoms with Crippen molar-refractivity contribution in [2.24, 2.45) is 0 Å². The molecule has 0 unspecified atom stereocenters. The molecule has 1 aliphatic rings. The maximum Gasteiger partial charge on any atom is 0.341 e. The molecule has 1 fully saturated rings. The van der Waals surface area contributed by atoms with Crippen LogP contribution in [-0.4, -0.2) is 44.2 Å². The Bertz CT molecular complexity index is 999. The Labute approximate surface area is 160 Å². The fraction of sp³-hybridized carbons (Fsp3) is 0.263. The van der Waals surface area contributed by atoms with Gasteiger partial charge in [0.15, 0.2) is 12.4 Å². The van der Waals surface area contributed by atoms with Gasteiger partial charge in [-0.2, -0.15) is 4.31 Å². The molecule has 6 nitrogen and oxygen atoms in total. The van der Waals surface area contributed by atoms with Crippen LogP contribution in [0.5, 0.6) is 0 Å². The van der Waals surface area contributed by atoms with Crippen LogP contribution >= 0.6 is 0 Å². The van der Waals surface area contributed by atoms with Gasteiger partial charge in [-0.25, -0.2) is 22.0 Å². The van der Waals surface area contributed by atoms with Crippen molar-refractivity contribution in [3.8, 4) is 0 Å². The molecule has 0 atom stereocenters. The van der Waals surface area contributed by atoms with Crippen molar-refractivity contribution in [2.75, 3.05) is 19.7 Å². The number of carbonyl (C=O) groups excluding carboxylic acids is 2. The molecule has 0 aromatic heterocycles. The zero-order valence-corrected chi connectivity index (χ0v) is 15.5. The van der Waals surface area contributed by atoms with Crippen LogP contribution in [0, 0.1) is 11.6 Å². The summed E-state index contributed by atoms with van der Waals surface area (Å²) in [5.41, 5.74) is -0.339. The number of ether oxygens (including phenoxy) is 1. The second-order valence-electron chi connectivity index (χ2n) is 6.26. The van der Waals surface area contributed by atoms with E-state index in [9.17, 15) is 26.8 Å². The molecule has 2 aromatic carbocycles. The number of esters is 1. The van der Waals surface area contributed by atoms with Crippen molar-refractivity contribution in [3.05, 3.63) is 65.2 Å². The van der Waals surface area contributed by atoms with E-state index in [4.69, 9.17) is 4.74 Å². The quantitative estimate of drug-likeness (QED) is 0.541. The number of rotatable bonds is 6. The van der Waals surface area contributed by atoms with Crippen molar-refractivity contribution < 1.29 is 31.5 Å². The molecule has 0 bridgehead atoms. The lowest BCUT2D eigenvalue weighted by Crippen LogP contribution is -2.27. The number of hydrogen-bond acceptors (Lipinski definition) is 5. The zero-order chi connectivity index (χ0) is 20.3. The average Bonchev–Trinajstić information content (AvgIpc) is 3.21. The summed E-state index contributed by atoms with van der Waals surface area (Å²) in [5, 5.41) is 0. The lowest BCUT2D eigenvalue weighted by atomic mass is 10.1. The van der Waals surface area contributed by atoms with Crippen molar-refractivity contribution in [1.29, 1.82) is 0 Å². The van der Waals surface area contributed by atoms with Gasteiger partial charge in [0.05, 0.1) is 10.5 Å². The van der Waals surface area contributed by atoms with Crippen LogP contribution < -0.4 is 0 Å². The third-order valence-corrected chi connectivity index (χ3v) is 6.28. The van der Waals surface area contributed by atoms with Crippen molar-refractivity contribution in [1.82, 2.24) is 4.31 Å². The number of nitrogens with zero attached hydrogens (tertiary/aromatic N) is 1. The number of benzene rings is 2. The number of hydrogen-bond donors (Lipinski definition) is 0. The molecule has 1 aliphatic heterocycles. The van der Waals surface area contributed by atoms with Gasteiger partial charge in [-0.05, 0) is 49.2 Å². The van der Waals surface area contributed by atoms with Crippen LogP contribution in [0.1, 0.15) is 33.6 Å². The van der Waals surface area contributed by atoms with Crippen LogP contribution in [0.3, 0.4) is 0 Å². The minimum Gasteiger partial charge on any atom is -0.454 e. The fourth-order valence-corrected chi connectivity index (χ4v) is 4.35. The number of carbonyl (C=O) groups is 2. The largest absolute Gasteiger partial charge is 0.454 e. The van der Waals surface area contributed by atoms with E-state index in [1.807, 2.05) is 0 Å². The van der Waals surface area contributed by atoms with Crippen LogP contribution in [0.2, 0.25) is 0 Å². The highest BCUT2D eigenvalue weighted by atomic mass is 32.2. The third kappa shape index (κ3) is 4.26. The Balaban J connectivity index is 1.64. The molecule has 0 saturated carbocycles. The number of halogens is 2.